The molecule has 0 bridgehead atoms. The van der Waals surface area contributed by atoms with Gasteiger partial charge in [0.25, 0.3) is 6.47 Å². The van der Waals surface area contributed by atoms with Crippen molar-refractivity contribution in [2.45, 2.75) is 69.1 Å². The number of esters is 1. The zero-order chi connectivity index (χ0) is 34.0. The number of carbonyl (C=O) groups excluding carboxylic acids is 3. The molecule has 1 aliphatic heterocycles. The lowest BCUT2D eigenvalue weighted by Gasteiger charge is -2.38. The fourth-order valence-electron chi connectivity index (χ4n) is 5.63. The van der Waals surface area contributed by atoms with E-state index in [1.165, 1.54) is 0 Å². The molecule has 0 radical (unpaired) electrons. The number of carbonyl (C=O) groups is 3. The quantitative estimate of drug-likeness (QED) is 0.109. The van der Waals surface area contributed by atoms with Gasteiger partial charge in [-0.3, -0.25) is 19.6 Å². The molecule has 250 valence electrons. The van der Waals surface area contributed by atoms with E-state index >= 15 is 0 Å². The van der Waals surface area contributed by atoms with Gasteiger partial charge in [-0.25, -0.2) is 4.79 Å². The summed E-state index contributed by atoms with van der Waals surface area (Å²) in [5.41, 5.74) is 3.93. The van der Waals surface area contributed by atoms with E-state index in [1.807, 2.05) is 78.9 Å². The normalized spacial score (nSPS) is 23.4. The molecule has 48 heavy (non-hydrogen) atoms. The molecule has 1 aliphatic carbocycles. The molecule has 3 aromatic carbocycles. The van der Waals surface area contributed by atoms with Crippen LogP contribution in [0.25, 0.3) is 22.5 Å². The predicted molar refractivity (Wildman–Crippen MR) is 168 cm³/mol. The van der Waals surface area contributed by atoms with E-state index < -0.39 is 54.5 Å². The highest BCUT2D eigenvalue weighted by molar-refractivity contribution is 5.91. The lowest BCUT2D eigenvalue weighted by Crippen LogP contribution is -2.59. The Labute approximate surface area is 275 Å². The minimum Gasteiger partial charge on any atom is -0.441 e. The minimum atomic E-state index is -1.76. The van der Waals surface area contributed by atoms with Crippen LogP contribution in [0.2, 0.25) is 0 Å². The Kier molecular flexibility index (Phi) is 9.29. The average Bonchev–Trinajstić information content (AvgIpc) is 3.84. The van der Waals surface area contributed by atoms with Crippen LogP contribution < -0.4 is 5.32 Å². The van der Waals surface area contributed by atoms with Gasteiger partial charge < -0.3 is 34.1 Å². The standard InChI is InChI=1S/C35H34N2O11/c1-19-26(36-34(43)45-20(2)21-6-4-3-5-7-21)30(48-37-19)24-10-8-22(9-11-24)23-12-14-25(15-13-23)35(16-17-35)33(42)47-32-29(41)27(39)28(40)31(46-32)44-18-38/h3-15,18,20,27-29,31-32,39-41H,16-17H2,1-2H3,(H,36,43)/t20-,27?,28?,29?,31?,32?/m1/s1. The summed E-state index contributed by atoms with van der Waals surface area (Å²) in [5, 5.41) is 37.1. The van der Waals surface area contributed by atoms with Crippen molar-refractivity contribution in [2.24, 2.45) is 0 Å². The first-order chi connectivity index (χ1) is 23.1. The Hall–Kier alpha value is -5.08. The van der Waals surface area contributed by atoms with E-state index in [0.717, 1.165) is 16.7 Å². The van der Waals surface area contributed by atoms with E-state index in [-0.39, 0.29) is 6.47 Å². The van der Waals surface area contributed by atoms with Gasteiger partial charge in [-0.2, -0.15) is 0 Å². The third-order valence-electron chi connectivity index (χ3n) is 8.64. The van der Waals surface area contributed by atoms with Gasteiger partial charge in [0, 0.05) is 5.56 Å². The molecule has 2 heterocycles. The number of nitrogens with zero attached hydrogens (tertiary/aromatic N) is 1. The van der Waals surface area contributed by atoms with Crippen molar-refractivity contribution in [3.05, 3.63) is 95.7 Å². The first-order valence-corrected chi connectivity index (χ1v) is 15.3. The molecule has 2 aliphatic rings. The third kappa shape index (κ3) is 6.53. The van der Waals surface area contributed by atoms with Gasteiger partial charge in [0.1, 0.15) is 35.8 Å². The van der Waals surface area contributed by atoms with E-state index in [9.17, 15) is 29.7 Å². The van der Waals surface area contributed by atoms with Crippen LogP contribution in [0.3, 0.4) is 0 Å². The first kappa shape index (κ1) is 32.8. The Balaban J connectivity index is 1.11. The number of rotatable bonds is 10. The summed E-state index contributed by atoms with van der Waals surface area (Å²) < 4.78 is 26.3. The fourth-order valence-corrected chi connectivity index (χ4v) is 5.63. The number of nitrogens with one attached hydrogen (secondary N) is 1. The van der Waals surface area contributed by atoms with Gasteiger partial charge in [0.2, 0.25) is 12.6 Å². The van der Waals surface area contributed by atoms with Gasteiger partial charge in [-0.15, -0.1) is 0 Å². The van der Waals surface area contributed by atoms with Crippen LogP contribution in [0, 0.1) is 6.92 Å². The highest BCUT2D eigenvalue weighted by Crippen LogP contribution is 2.50. The Morgan fingerprint density at radius 2 is 1.50 bits per heavy atom. The maximum Gasteiger partial charge on any atom is 0.412 e. The average molecular weight is 659 g/mol. The molecule has 5 unspecified atom stereocenters. The number of anilines is 1. The van der Waals surface area contributed by atoms with Crippen LogP contribution in [0.15, 0.2) is 83.4 Å². The summed E-state index contributed by atoms with van der Waals surface area (Å²) in [5.74, 6) is -0.298. The molecule has 2 fully saturated rings. The van der Waals surface area contributed by atoms with Crippen LogP contribution in [0.4, 0.5) is 10.5 Å². The zero-order valence-electron chi connectivity index (χ0n) is 26.0. The summed E-state index contributed by atoms with van der Waals surface area (Å²) in [6, 6.07) is 24.2. The van der Waals surface area contributed by atoms with Gasteiger partial charge in [0.05, 0.1) is 5.41 Å². The minimum absolute atomic E-state index is 0.0193. The van der Waals surface area contributed by atoms with Crippen molar-refractivity contribution in [3.63, 3.8) is 0 Å². The molecule has 13 heteroatoms. The van der Waals surface area contributed by atoms with Crippen molar-refractivity contribution in [2.75, 3.05) is 5.32 Å². The van der Waals surface area contributed by atoms with E-state index in [4.69, 9.17) is 18.7 Å². The number of hydrogen-bond donors (Lipinski definition) is 4. The lowest BCUT2D eigenvalue weighted by atomic mass is 9.93. The Bertz CT molecular complexity index is 1750. The molecule has 1 aromatic heterocycles. The number of ether oxygens (including phenoxy) is 4. The molecule has 13 nitrogen and oxygen atoms in total. The van der Waals surface area contributed by atoms with E-state index in [1.54, 1.807) is 13.8 Å². The van der Waals surface area contributed by atoms with Crippen LogP contribution >= 0.6 is 0 Å². The van der Waals surface area contributed by atoms with Crippen LogP contribution in [0.5, 0.6) is 0 Å². The van der Waals surface area contributed by atoms with Crippen molar-refractivity contribution >= 4 is 24.2 Å². The second-order valence-electron chi connectivity index (χ2n) is 11.8. The van der Waals surface area contributed by atoms with Gasteiger partial charge in [0.15, 0.2) is 5.76 Å². The predicted octanol–water partition coefficient (Wildman–Crippen LogP) is 4.14. The fraction of sp³-hybridized carbons (Fsp3) is 0.314. The van der Waals surface area contributed by atoms with Crippen molar-refractivity contribution in [1.82, 2.24) is 5.16 Å². The summed E-state index contributed by atoms with van der Waals surface area (Å²) in [7, 11) is 0. The molecule has 0 spiro atoms. The highest BCUT2D eigenvalue weighted by atomic mass is 16.8. The summed E-state index contributed by atoms with van der Waals surface area (Å²) in [6.45, 7) is 3.53. The monoisotopic (exact) mass is 658 g/mol. The number of amides is 1. The zero-order valence-corrected chi connectivity index (χ0v) is 26.0. The number of aliphatic hydroxyl groups is 3. The van der Waals surface area contributed by atoms with Gasteiger partial charge in [-0.05, 0) is 48.9 Å². The number of hydrogen-bond acceptors (Lipinski definition) is 12. The maximum atomic E-state index is 13.2. The van der Waals surface area contributed by atoms with Crippen LogP contribution in [-0.2, 0) is 34.0 Å². The topological polar surface area (TPSA) is 187 Å². The smallest absolute Gasteiger partial charge is 0.412 e. The number of aliphatic hydroxyl groups excluding tert-OH is 3. The van der Waals surface area contributed by atoms with Crippen LogP contribution in [-0.4, -0.2) is 69.9 Å². The number of aryl methyl sites for hydroxylation is 1. The second-order valence-corrected chi connectivity index (χ2v) is 11.8. The largest absolute Gasteiger partial charge is 0.441 e. The summed E-state index contributed by atoms with van der Waals surface area (Å²) in [4.78, 5) is 36.7. The molecule has 1 saturated heterocycles. The number of benzene rings is 3. The Morgan fingerprint density at radius 3 is 2.12 bits per heavy atom. The molecule has 4 aromatic rings. The lowest BCUT2D eigenvalue weighted by molar-refractivity contribution is -0.332. The van der Waals surface area contributed by atoms with Crippen molar-refractivity contribution in [1.29, 1.82) is 0 Å². The molecule has 6 atom stereocenters. The van der Waals surface area contributed by atoms with Crippen LogP contribution in [0.1, 0.15) is 42.7 Å². The molecular formula is C35H34N2O11. The maximum absolute atomic E-state index is 13.2. The second kappa shape index (κ2) is 13.6. The van der Waals surface area contributed by atoms with E-state index in [0.29, 0.717) is 41.1 Å². The molecule has 6 rings (SSSR count). The molecule has 1 saturated carbocycles. The molecule has 4 N–H and O–H groups in total. The van der Waals surface area contributed by atoms with E-state index in [2.05, 4.69) is 15.2 Å². The third-order valence-corrected chi connectivity index (χ3v) is 8.64. The summed E-state index contributed by atoms with van der Waals surface area (Å²) in [6.07, 6.45) is -8.59. The van der Waals surface area contributed by atoms with Crippen molar-refractivity contribution in [3.8, 4) is 22.5 Å². The first-order valence-electron chi connectivity index (χ1n) is 15.3. The summed E-state index contributed by atoms with van der Waals surface area (Å²) >= 11 is 0. The Morgan fingerprint density at radius 1 is 0.896 bits per heavy atom. The van der Waals surface area contributed by atoms with Gasteiger partial charge >= 0.3 is 12.1 Å². The van der Waals surface area contributed by atoms with Gasteiger partial charge in [-0.1, -0.05) is 84.0 Å². The SMILES string of the molecule is Cc1noc(-c2ccc(-c3ccc(C4(C(=O)OC5OC(OC=O)C(O)C(O)C5O)CC4)cc3)cc2)c1NC(=O)O[C@H](C)c1ccccc1. The number of aromatic nitrogens is 1. The molecule has 1 amide bonds. The highest BCUT2D eigenvalue weighted by Gasteiger charge is 2.55. The van der Waals surface area contributed by atoms with Crippen molar-refractivity contribution < 1.29 is 53.2 Å². The molecular weight excluding hydrogens is 624 g/mol.